The Hall–Kier alpha value is -1.95. The van der Waals surface area contributed by atoms with Gasteiger partial charge in [-0.05, 0) is 36.0 Å². The molecular weight excluding hydrogens is 334 g/mol. The van der Waals surface area contributed by atoms with Gasteiger partial charge in [0.2, 0.25) is 12.5 Å². The van der Waals surface area contributed by atoms with E-state index in [-0.39, 0.29) is 24.2 Å². The average molecular weight is 363 g/mol. The molecule has 0 amide bonds. The maximum absolute atomic E-state index is 12.1. The van der Waals surface area contributed by atoms with E-state index in [1.807, 2.05) is 12.1 Å². The third-order valence-electron chi connectivity index (χ3n) is 5.56. The third kappa shape index (κ3) is 3.61. The van der Waals surface area contributed by atoms with Crippen molar-refractivity contribution >= 4 is 5.97 Å². The number of methoxy groups -OCH3 is 1. The van der Waals surface area contributed by atoms with E-state index in [1.165, 1.54) is 0 Å². The van der Waals surface area contributed by atoms with Gasteiger partial charge in [-0.25, -0.2) is 0 Å². The van der Waals surface area contributed by atoms with Gasteiger partial charge < -0.3 is 24.6 Å². The van der Waals surface area contributed by atoms with Crippen molar-refractivity contribution in [3.63, 3.8) is 0 Å². The second-order valence-corrected chi connectivity index (χ2v) is 8.06. The molecular formula is C20H29NO5. The topological polar surface area (TPSA) is 77.0 Å². The Morgan fingerprint density at radius 2 is 2.15 bits per heavy atom. The number of ether oxygens (including phenoxy) is 3. The number of hydrogen-bond donors (Lipinski definition) is 2. The fraction of sp³-hybridized carbons (Fsp3) is 0.650. The van der Waals surface area contributed by atoms with E-state index in [0.717, 1.165) is 24.8 Å². The zero-order valence-corrected chi connectivity index (χ0v) is 16.0. The number of carbonyl (C=O) groups is 1. The highest BCUT2D eigenvalue weighted by Crippen LogP contribution is 2.46. The molecule has 2 aliphatic rings. The molecule has 3 rings (SSSR count). The minimum atomic E-state index is -0.756. The summed E-state index contributed by atoms with van der Waals surface area (Å²) in [5.74, 6) is 0.449. The molecule has 6 heteroatoms. The normalized spacial score (nSPS) is 24.7. The summed E-state index contributed by atoms with van der Waals surface area (Å²) < 4.78 is 16.4. The quantitative estimate of drug-likeness (QED) is 0.773. The minimum absolute atomic E-state index is 0.0459. The predicted molar refractivity (Wildman–Crippen MR) is 98.1 cm³/mol. The fourth-order valence-corrected chi connectivity index (χ4v) is 4.42. The largest absolute Gasteiger partial charge is 0.493 e. The molecule has 1 aromatic carbocycles. The first-order chi connectivity index (χ1) is 12.4. The zero-order valence-electron chi connectivity index (χ0n) is 16.0. The number of carboxylic acid groups (broad SMARTS) is 1. The van der Waals surface area contributed by atoms with Crippen LogP contribution >= 0.6 is 0 Å². The SMILES string of the molecule is CCCC(C)(C)CC1NCC(c2cc(OC)c3c(c2)OCO3)C1C(=O)O. The Kier molecular flexibility index (Phi) is 5.32. The second-order valence-electron chi connectivity index (χ2n) is 8.06. The number of benzene rings is 1. The molecule has 0 saturated carbocycles. The molecule has 0 bridgehead atoms. The molecule has 6 nitrogen and oxygen atoms in total. The van der Waals surface area contributed by atoms with Crippen molar-refractivity contribution < 1.29 is 24.1 Å². The van der Waals surface area contributed by atoms with E-state index in [9.17, 15) is 9.90 Å². The van der Waals surface area contributed by atoms with Crippen molar-refractivity contribution in [2.24, 2.45) is 11.3 Å². The molecule has 0 radical (unpaired) electrons. The lowest BCUT2D eigenvalue weighted by Crippen LogP contribution is -2.36. The molecule has 2 heterocycles. The van der Waals surface area contributed by atoms with Crippen LogP contribution in [-0.4, -0.2) is 37.6 Å². The van der Waals surface area contributed by atoms with E-state index < -0.39 is 11.9 Å². The molecule has 3 unspecified atom stereocenters. The van der Waals surface area contributed by atoms with E-state index in [2.05, 4.69) is 26.1 Å². The maximum atomic E-state index is 12.1. The standard InChI is InChI=1S/C20H29NO5/c1-5-6-20(2,3)9-14-17(19(22)23)13(10-21-14)12-7-15(24-4)18-16(8-12)25-11-26-18/h7-8,13-14,17,21H,5-6,9-11H2,1-4H3,(H,22,23). The van der Waals surface area contributed by atoms with E-state index in [0.29, 0.717) is 23.8 Å². The molecule has 0 aromatic heterocycles. The molecule has 2 N–H and O–H groups in total. The maximum Gasteiger partial charge on any atom is 0.308 e. The number of hydrogen-bond acceptors (Lipinski definition) is 5. The number of aliphatic carboxylic acids is 1. The molecule has 2 aliphatic heterocycles. The first-order valence-corrected chi connectivity index (χ1v) is 9.30. The molecule has 3 atom stereocenters. The molecule has 1 aromatic rings. The highest BCUT2D eigenvalue weighted by Gasteiger charge is 2.44. The van der Waals surface area contributed by atoms with Gasteiger partial charge in [0, 0.05) is 18.5 Å². The van der Waals surface area contributed by atoms with Crippen molar-refractivity contribution in [1.29, 1.82) is 0 Å². The summed E-state index contributed by atoms with van der Waals surface area (Å²) in [6.45, 7) is 7.39. The van der Waals surface area contributed by atoms with Crippen LogP contribution in [0.25, 0.3) is 0 Å². The number of fused-ring (bicyclic) bond motifs is 1. The number of rotatable bonds is 7. The van der Waals surface area contributed by atoms with Crippen LogP contribution in [0.1, 0.15) is 51.5 Å². The van der Waals surface area contributed by atoms with Crippen molar-refractivity contribution in [1.82, 2.24) is 5.32 Å². The zero-order chi connectivity index (χ0) is 18.9. The van der Waals surface area contributed by atoms with Crippen LogP contribution in [0.3, 0.4) is 0 Å². The first-order valence-electron chi connectivity index (χ1n) is 9.30. The van der Waals surface area contributed by atoms with Crippen LogP contribution in [0.4, 0.5) is 0 Å². The lowest BCUT2D eigenvalue weighted by atomic mass is 9.76. The van der Waals surface area contributed by atoms with Gasteiger partial charge in [-0.15, -0.1) is 0 Å². The molecule has 1 saturated heterocycles. The fourth-order valence-electron chi connectivity index (χ4n) is 4.42. The highest BCUT2D eigenvalue weighted by molar-refractivity contribution is 5.73. The van der Waals surface area contributed by atoms with Gasteiger partial charge in [-0.2, -0.15) is 0 Å². The minimum Gasteiger partial charge on any atom is -0.493 e. The third-order valence-corrected chi connectivity index (χ3v) is 5.56. The van der Waals surface area contributed by atoms with Gasteiger partial charge in [0.1, 0.15) is 0 Å². The van der Waals surface area contributed by atoms with Gasteiger partial charge in [-0.1, -0.05) is 27.2 Å². The molecule has 1 fully saturated rings. The lowest BCUT2D eigenvalue weighted by Gasteiger charge is -2.30. The van der Waals surface area contributed by atoms with Crippen LogP contribution < -0.4 is 19.5 Å². The Bertz CT molecular complexity index is 672. The van der Waals surface area contributed by atoms with Crippen molar-refractivity contribution in [2.45, 2.75) is 52.0 Å². The average Bonchev–Trinajstić information content (AvgIpc) is 3.19. The predicted octanol–water partition coefficient (Wildman–Crippen LogP) is 3.40. The van der Waals surface area contributed by atoms with Crippen LogP contribution in [-0.2, 0) is 4.79 Å². The monoisotopic (exact) mass is 363 g/mol. The van der Waals surface area contributed by atoms with Gasteiger partial charge >= 0.3 is 5.97 Å². The van der Waals surface area contributed by atoms with E-state index in [1.54, 1.807) is 7.11 Å². The first kappa shape index (κ1) is 18.8. The Balaban J connectivity index is 1.87. The molecule has 0 aliphatic carbocycles. The summed E-state index contributed by atoms with van der Waals surface area (Å²) in [5, 5.41) is 13.4. The summed E-state index contributed by atoms with van der Waals surface area (Å²) in [7, 11) is 1.58. The summed E-state index contributed by atoms with van der Waals surface area (Å²) in [4.78, 5) is 12.1. The number of nitrogens with one attached hydrogen (secondary N) is 1. The molecule has 26 heavy (non-hydrogen) atoms. The smallest absolute Gasteiger partial charge is 0.308 e. The Morgan fingerprint density at radius 1 is 1.38 bits per heavy atom. The van der Waals surface area contributed by atoms with Crippen molar-refractivity contribution in [3.05, 3.63) is 17.7 Å². The Morgan fingerprint density at radius 3 is 2.81 bits per heavy atom. The molecule has 144 valence electrons. The van der Waals surface area contributed by atoms with Gasteiger partial charge in [0.25, 0.3) is 0 Å². The summed E-state index contributed by atoms with van der Waals surface area (Å²) in [5.41, 5.74) is 1.03. The van der Waals surface area contributed by atoms with E-state index >= 15 is 0 Å². The van der Waals surface area contributed by atoms with Crippen LogP contribution in [0, 0.1) is 11.3 Å². The summed E-state index contributed by atoms with van der Waals surface area (Å²) in [6.07, 6.45) is 3.02. The Labute approximate surface area is 154 Å². The van der Waals surface area contributed by atoms with E-state index in [4.69, 9.17) is 14.2 Å². The van der Waals surface area contributed by atoms with Gasteiger partial charge in [-0.3, -0.25) is 4.79 Å². The van der Waals surface area contributed by atoms with Crippen LogP contribution in [0.15, 0.2) is 12.1 Å². The summed E-state index contributed by atoms with van der Waals surface area (Å²) >= 11 is 0. The molecule has 0 spiro atoms. The van der Waals surface area contributed by atoms with Crippen molar-refractivity contribution in [3.8, 4) is 17.2 Å². The highest BCUT2D eigenvalue weighted by atomic mass is 16.7. The summed E-state index contributed by atoms with van der Waals surface area (Å²) in [6, 6.07) is 3.73. The van der Waals surface area contributed by atoms with Crippen LogP contribution in [0.5, 0.6) is 17.2 Å². The lowest BCUT2D eigenvalue weighted by molar-refractivity contribution is -0.142. The number of carboxylic acids is 1. The van der Waals surface area contributed by atoms with Crippen molar-refractivity contribution in [2.75, 3.05) is 20.4 Å². The van der Waals surface area contributed by atoms with Gasteiger partial charge in [0.15, 0.2) is 11.5 Å². The van der Waals surface area contributed by atoms with Gasteiger partial charge in [0.05, 0.1) is 13.0 Å². The second kappa shape index (κ2) is 7.35. The van der Waals surface area contributed by atoms with Crippen LogP contribution in [0.2, 0.25) is 0 Å².